The van der Waals surface area contributed by atoms with Crippen LogP contribution in [0, 0.1) is 13.8 Å². The fraction of sp³-hybridized carbons (Fsp3) is 0.467. The Hall–Kier alpha value is -0.244. The molecule has 0 N–H and O–H groups in total. The van der Waals surface area contributed by atoms with Crippen molar-refractivity contribution in [3.63, 3.8) is 0 Å². The van der Waals surface area contributed by atoms with Crippen molar-refractivity contribution in [3.8, 4) is 0 Å². The van der Waals surface area contributed by atoms with Crippen LogP contribution < -0.4 is 51.4 Å². The molecule has 0 aliphatic carbocycles. The average Bonchev–Trinajstić information content (AvgIpc) is 2.43. The zero-order valence-electron chi connectivity index (χ0n) is 13.7. The van der Waals surface area contributed by atoms with Crippen molar-refractivity contribution in [3.05, 3.63) is 34.6 Å². The smallest absolute Gasteiger partial charge is 0.673 e. The Morgan fingerprint density at radius 3 is 2.14 bits per heavy atom. The van der Waals surface area contributed by atoms with E-state index in [0.717, 1.165) is 16.8 Å². The number of aldehydes is 1. The van der Waals surface area contributed by atoms with Gasteiger partial charge in [0.25, 0.3) is 5.97 Å². The molecule has 0 radical (unpaired) electrons. The van der Waals surface area contributed by atoms with E-state index in [9.17, 15) is 9.59 Å². The zero-order valence-corrected chi connectivity index (χ0v) is 16.8. The van der Waals surface area contributed by atoms with Gasteiger partial charge in [-0.3, -0.25) is 4.79 Å². The van der Waals surface area contributed by atoms with Gasteiger partial charge >= 0.3 is 51.4 Å². The van der Waals surface area contributed by atoms with Crippen LogP contribution in [0.4, 0.5) is 5.69 Å². The van der Waals surface area contributed by atoms with Gasteiger partial charge in [-0.15, -0.1) is 5.69 Å². The SMILES string of the molecule is COC(=O)C(C)[N-]c1c(C)cccc1C.COCC=O.[K+]. The van der Waals surface area contributed by atoms with Crippen LogP contribution in [-0.4, -0.2) is 39.1 Å². The van der Waals surface area contributed by atoms with Gasteiger partial charge in [0.15, 0.2) is 0 Å². The first-order valence-corrected chi connectivity index (χ1v) is 6.25. The largest absolute Gasteiger partial charge is 1.00 e. The van der Waals surface area contributed by atoms with Gasteiger partial charge in [-0.25, -0.2) is 0 Å². The summed E-state index contributed by atoms with van der Waals surface area (Å²) in [6.45, 7) is 5.91. The number of nitrogens with zero attached hydrogens (tertiary/aromatic N) is 1. The topological polar surface area (TPSA) is 66.7 Å². The molecular formula is C15H22KNO4. The fourth-order valence-electron chi connectivity index (χ4n) is 1.49. The zero-order chi connectivity index (χ0) is 15.5. The molecule has 6 heteroatoms. The van der Waals surface area contributed by atoms with Crippen LogP contribution in [0.25, 0.3) is 5.32 Å². The molecule has 1 unspecified atom stereocenters. The third-order valence-electron chi connectivity index (χ3n) is 2.54. The number of carbonyl (C=O) groups is 2. The van der Waals surface area contributed by atoms with E-state index in [-0.39, 0.29) is 64.0 Å². The summed E-state index contributed by atoms with van der Waals surface area (Å²) in [4.78, 5) is 20.5. The van der Waals surface area contributed by atoms with E-state index < -0.39 is 6.04 Å². The van der Waals surface area contributed by atoms with Crippen LogP contribution in [0.1, 0.15) is 18.1 Å². The molecule has 5 nitrogen and oxygen atoms in total. The van der Waals surface area contributed by atoms with Gasteiger partial charge in [-0.1, -0.05) is 36.2 Å². The molecule has 1 aromatic carbocycles. The monoisotopic (exact) mass is 319 g/mol. The molecule has 0 bridgehead atoms. The van der Waals surface area contributed by atoms with Crippen molar-refractivity contribution in [1.29, 1.82) is 0 Å². The molecule has 0 heterocycles. The number of benzene rings is 1. The third-order valence-corrected chi connectivity index (χ3v) is 2.54. The Morgan fingerprint density at radius 2 is 1.81 bits per heavy atom. The Balaban J connectivity index is 0. The average molecular weight is 319 g/mol. The molecule has 0 spiro atoms. The summed E-state index contributed by atoms with van der Waals surface area (Å²) >= 11 is 0. The maximum Gasteiger partial charge on any atom is 1.00 e. The first-order valence-electron chi connectivity index (χ1n) is 6.25. The Labute approximate surface area is 169 Å². The number of rotatable bonds is 5. The Kier molecular flexibility index (Phi) is 14.7. The van der Waals surface area contributed by atoms with E-state index in [1.54, 1.807) is 6.92 Å². The van der Waals surface area contributed by atoms with Gasteiger partial charge in [0.05, 0.1) is 7.11 Å². The summed E-state index contributed by atoms with van der Waals surface area (Å²) in [7, 11) is 2.85. The standard InChI is InChI=1S/C12H16NO2.C3H6O2.K/c1-8-6-5-7-9(2)11(8)13-10(3)12(14)15-4;1-5-3-2-4;/h5-7,10H,1-4H3;2H,3H2,1H3;/q-1;;+1. The minimum absolute atomic E-state index is 0. The number of methoxy groups -OCH3 is 2. The van der Waals surface area contributed by atoms with Crippen molar-refractivity contribution in [1.82, 2.24) is 0 Å². The van der Waals surface area contributed by atoms with Crippen molar-refractivity contribution < 1.29 is 70.4 Å². The van der Waals surface area contributed by atoms with Crippen molar-refractivity contribution in [2.75, 3.05) is 20.8 Å². The molecule has 0 aliphatic heterocycles. The predicted molar refractivity (Wildman–Crippen MR) is 78.4 cm³/mol. The summed E-state index contributed by atoms with van der Waals surface area (Å²) in [6, 6.07) is 5.49. The molecule has 0 aromatic heterocycles. The molecule has 0 aliphatic rings. The van der Waals surface area contributed by atoms with Crippen LogP contribution in [0.15, 0.2) is 18.2 Å². The van der Waals surface area contributed by atoms with Gasteiger partial charge in [0.2, 0.25) is 0 Å². The number of hydrogen-bond donors (Lipinski definition) is 0. The number of esters is 1. The molecule has 0 saturated heterocycles. The molecule has 112 valence electrons. The molecule has 21 heavy (non-hydrogen) atoms. The summed E-state index contributed by atoms with van der Waals surface area (Å²) < 4.78 is 8.95. The van der Waals surface area contributed by atoms with Crippen LogP contribution >= 0.6 is 0 Å². The van der Waals surface area contributed by atoms with E-state index in [4.69, 9.17) is 0 Å². The first-order chi connectivity index (χ1) is 9.47. The summed E-state index contributed by atoms with van der Waals surface area (Å²) in [5.41, 5.74) is 3.03. The maximum atomic E-state index is 11.2. The molecule has 0 saturated carbocycles. The third kappa shape index (κ3) is 9.39. The molecular weight excluding hydrogens is 297 g/mol. The first kappa shape index (κ1) is 23.0. The Morgan fingerprint density at radius 1 is 1.29 bits per heavy atom. The van der Waals surface area contributed by atoms with E-state index in [2.05, 4.69) is 14.8 Å². The second kappa shape index (κ2) is 13.4. The van der Waals surface area contributed by atoms with E-state index in [1.807, 2.05) is 32.0 Å². The van der Waals surface area contributed by atoms with Crippen LogP contribution in [0.5, 0.6) is 0 Å². The van der Waals surface area contributed by atoms with E-state index in [1.165, 1.54) is 14.2 Å². The van der Waals surface area contributed by atoms with Crippen LogP contribution in [-0.2, 0) is 19.1 Å². The predicted octanol–water partition coefficient (Wildman–Crippen LogP) is -0.294. The second-order valence-electron chi connectivity index (χ2n) is 4.19. The normalized spacial score (nSPS) is 10.3. The molecule has 1 rings (SSSR count). The Bertz CT molecular complexity index is 417. The van der Waals surface area contributed by atoms with Gasteiger partial charge in [0, 0.05) is 7.11 Å². The molecule has 1 atom stereocenters. The van der Waals surface area contributed by atoms with Crippen molar-refractivity contribution in [2.24, 2.45) is 0 Å². The number of ether oxygens (including phenoxy) is 2. The quantitative estimate of drug-likeness (QED) is 0.425. The van der Waals surface area contributed by atoms with E-state index in [0.29, 0.717) is 6.29 Å². The molecule has 1 aromatic rings. The summed E-state index contributed by atoms with van der Waals surface area (Å²) in [5.74, 6) is -0.308. The summed E-state index contributed by atoms with van der Waals surface area (Å²) in [5, 5.41) is 4.35. The number of para-hydroxylation sites is 1. The van der Waals surface area contributed by atoms with Crippen molar-refractivity contribution >= 4 is 17.9 Å². The van der Waals surface area contributed by atoms with Gasteiger partial charge in [-0.05, 0) is 19.9 Å². The van der Waals surface area contributed by atoms with Crippen LogP contribution in [0.2, 0.25) is 0 Å². The van der Waals surface area contributed by atoms with Crippen molar-refractivity contribution in [2.45, 2.75) is 26.8 Å². The maximum absolute atomic E-state index is 11.2. The number of hydrogen-bond acceptors (Lipinski definition) is 4. The number of carbonyl (C=O) groups excluding carboxylic acids is 2. The fourth-order valence-corrected chi connectivity index (χ4v) is 1.49. The molecule has 0 amide bonds. The minimum Gasteiger partial charge on any atom is -0.673 e. The van der Waals surface area contributed by atoms with Gasteiger partial charge < -0.3 is 19.6 Å². The van der Waals surface area contributed by atoms with Gasteiger partial charge in [0.1, 0.15) is 12.9 Å². The summed E-state index contributed by atoms with van der Waals surface area (Å²) in [6.07, 6.45) is 0.708. The second-order valence-corrected chi connectivity index (χ2v) is 4.19. The molecule has 0 fully saturated rings. The van der Waals surface area contributed by atoms with Gasteiger partial charge in [-0.2, -0.15) is 0 Å². The van der Waals surface area contributed by atoms with E-state index >= 15 is 0 Å². The number of aryl methyl sites for hydroxylation is 2. The van der Waals surface area contributed by atoms with Crippen LogP contribution in [0.3, 0.4) is 0 Å². The minimum atomic E-state index is -0.449.